The fraction of sp³-hybridized carbons (Fsp3) is 0.292. The van der Waals surface area contributed by atoms with Gasteiger partial charge in [0.2, 0.25) is 11.7 Å². The molecule has 0 unspecified atom stereocenters. The molecule has 35 heavy (non-hydrogen) atoms. The molecule has 3 N–H and O–H groups in total. The number of nitrogen functional groups attached to an aromatic ring is 1. The Labute approximate surface area is 206 Å². The lowest BCUT2D eigenvalue weighted by molar-refractivity contribution is 0.122. The number of nitrogens with two attached hydrogens (primary N) is 1. The molecule has 0 radical (unpaired) electrons. The number of benzene rings is 1. The number of anilines is 4. The van der Waals surface area contributed by atoms with Crippen LogP contribution in [-0.4, -0.2) is 62.6 Å². The highest BCUT2D eigenvalue weighted by atomic mass is 32.1. The summed E-state index contributed by atoms with van der Waals surface area (Å²) in [7, 11) is 4.74. The molecule has 10 nitrogen and oxygen atoms in total. The Hall–Kier alpha value is -3.83. The number of thiophene rings is 1. The summed E-state index contributed by atoms with van der Waals surface area (Å²) in [5, 5.41) is 5.39. The van der Waals surface area contributed by atoms with E-state index >= 15 is 0 Å². The summed E-state index contributed by atoms with van der Waals surface area (Å²) in [5.41, 5.74) is 10.0. The first-order chi connectivity index (χ1) is 17.1. The first kappa shape index (κ1) is 22.9. The van der Waals surface area contributed by atoms with E-state index < -0.39 is 0 Å². The summed E-state index contributed by atoms with van der Waals surface area (Å²) in [4.78, 5) is 15.9. The van der Waals surface area contributed by atoms with Gasteiger partial charge in [0.1, 0.15) is 11.3 Å². The quantitative estimate of drug-likeness (QED) is 0.391. The largest absolute Gasteiger partial charge is 0.493 e. The van der Waals surface area contributed by atoms with Crippen LogP contribution in [0.1, 0.15) is 0 Å². The molecule has 4 heterocycles. The van der Waals surface area contributed by atoms with Gasteiger partial charge in [-0.3, -0.25) is 0 Å². The van der Waals surface area contributed by atoms with Gasteiger partial charge in [-0.2, -0.15) is 0 Å². The number of ether oxygens (including phenoxy) is 4. The fourth-order valence-corrected chi connectivity index (χ4v) is 4.98. The molecule has 1 fully saturated rings. The number of fused-ring (bicyclic) bond motifs is 1. The average molecular weight is 495 g/mol. The molecule has 0 spiro atoms. The molecule has 182 valence electrons. The van der Waals surface area contributed by atoms with Crippen LogP contribution in [0.3, 0.4) is 0 Å². The van der Waals surface area contributed by atoms with Gasteiger partial charge in [0, 0.05) is 48.0 Å². The van der Waals surface area contributed by atoms with Crippen molar-refractivity contribution in [3.8, 4) is 28.5 Å². The third-order valence-corrected chi connectivity index (χ3v) is 6.71. The number of nitrogens with zero attached hydrogens (tertiary/aromatic N) is 4. The Morgan fingerprint density at radius 2 is 1.77 bits per heavy atom. The van der Waals surface area contributed by atoms with E-state index in [-0.39, 0.29) is 5.95 Å². The predicted octanol–water partition coefficient (Wildman–Crippen LogP) is 3.94. The molecule has 0 amide bonds. The summed E-state index contributed by atoms with van der Waals surface area (Å²) in [5.74, 6) is 2.74. The highest BCUT2D eigenvalue weighted by Crippen LogP contribution is 2.42. The zero-order chi connectivity index (χ0) is 24.4. The zero-order valence-electron chi connectivity index (χ0n) is 19.7. The molecule has 4 aromatic rings. The number of hydrogen-bond acceptors (Lipinski definition) is 11. The maximum Gasteiger partial charge on any atom is 0.221 e. The van der Waals surface area contributed by atoms with Crippen LogP contribution in [0.15, 0.2) is 35.8 Å². The molecule has 0 atom stereocenters. The molecule has 11 heteroatoms. The molecule has 5 rings (SSSR count). The van der Waals surface area contributed by atoms with E-state index in [1.165, 1.54) is 11.3 Å². The maximum atomic E-state index is 6.12. The van der Waals surface area contributed by atoms with Crippen molar-refractivity contribution in [2.24, 2.45) is 0 Å². The van der Waals surface area contributed by atoms with Crippen LogP contribution < -0.4 is 30.2 Å². The summed E-state index contributed by atoms with van der Waals surface area (Å²) in [6.07, 6.45) is 1.83. The molecule has 1 aliphatic heterocycles. The Kier molecular flexibility index (Phi) is 6.43. The first-order valence-corrected chi connectivity index (χ1v) is 11.9. The minimum atomic E-state index is 0.191. The van der Waals surface area contributed by atoms with Crippen molar-refractivity contribution < 1.29 is 18.9 Å². The summed E-state index contributed by atoms with van der Waals surface area (Å²) < 4.78 is 22.7. The van der Waals surface area contributed by atoms with Crippen LogP contribution in [0.5, 0.6) is 17.2 Å². The third-order valence-electron chi connectivity index (χ3n) is 5.73. The van der Waals surface area contributed by atoms with Crippen molar-refractivity contribution in [2.75, 3.05) is 63.6 Å². The Morgan fingerprint density at radius 3 is 2.40 bits per heavy atom. The second-order valence-corrected chi connectivity index (χ2v) is 8.68. The smallest absolute Gasteiger partial charge is 0.221 e. The van der Waals surface area contributed by atoms with Crippen molar-refractivity contribution in [3.05, 3.63) is 35.8 Å². The summed E-state index contributed by atoms with van der Waals surface area (Å²) in [6, 6.07) is 7.70. The van der Waals surface area contributed by atoms with Crippen molar-refractivity contribution >= 4 is 44.7 Å². The maximum absolute atomic E-state index is 6.12. The van der Waals surface area contributed by atoms with Crippen molar-refractivity contribution in [3.63, 3.8) is 0 Å². The third kappa shape index (κ3) is 4.47. The van der Waals surface area contributed by atoms with Crippen LogP contribution in [0.25, 0.3) is 21.5 Å². The van der Waals surface area contributed by atoms with Crippen LogP contribution in [0.4, 0.5) is 23.1 Å². The van der Waals surface area contributed by atoms with E-state index in [1.807, 2.05) is 35.8 Å². The highest BCUT2D eigenvalue weighted by Gasteiger charge is 2.18. The molecular weight excluding hydrogens is 468 g/mol. The first-order valence-electron chi connectivity index (χ1n) is 11.0. The second kappa shape index (κ2) is 9.80. The molecular formula is C24H26N6O4S. The number of hydrogen-bond donors (Lipinski definition) is 2. The molecule has 1 aromatic carbocycles. The lowest BCUT2D eigenvalue weighted by atomic mass is 10.2. The second-order valence-electron chi connectivity index (χ2n) is 7.80. The van der Waals surface area contributed by atoms with Crippen LogP contribution in [0, 0.1) is 0 Å². The van der Waals surface area contributed by atoms with Gasteiger partial charge in [0.15, 0.2) is 11.5 Å². The van der Waals surface area contributed by atoms with E-state index in [0.717, 1.165) is 51.8 Å². The molecule has 3 aromatic heterocycles. The monoisotopic (exact) mass is 494 g/mol. The van der Waals surface area contributed by atoms with E-state index in [4.69, 9.17) is 24.7 Å². The van der Waals surface area contributed by atoms with E-state index in [1.54, 1.807) is 21.3 Å². The lowest BCUT2D eigenvalue weighted by Gasteiger charge is -2.27. The minimum Gasteiger partial charge on any atom is -0.493 e. The fourth-order valence-electron chi connectivity index (χ4n) is 4.03. The Bertz CT molecular complexity index is 1310. The zero-order valence-corrected chi connectivity index (χ0v) is 20.5. The predicted molar refractivity (Wildman–Crippen MR) is 137 cm³/mol. The van der Waals surface area contributed by atoms with Gasteiger partial charge < -0.3 is 34.9 Å². The lowest BCUT2D eigenvalue weighted by Crippen LogP contribution is -2.36. The van der Waals surface area contributed by atoms with Gasteiger partial charge in [-0.05, 0) is 12.1 Å². The number of nitrogens with one attached hydrogen (secondary N) is 1. The Balaban J connectivity index is 1.49. The Morgan fingerprint density at radius 1 is 1.03 bits per heavy atom. The standard InChI is InChI=1S/C24H26N6O4S/c1-31-17-10-15(11-18(32-2)22(17)33-3)27-16-13-35-23-20(28-24(25)29-21(16)23)14-4-5-19(26-12-14)30-6-8-34-9-7-30/h4-5,10-13,27H,6-9H2,1-3H3,(H2,25,28,29). The van der Waals surface area contributed by atoms with Crippen LogP contribution in [0.2, 0.25) is 0 Å². The number of morpholine rings is 1. The minimum absolute atomic E-state index is 0.191. The van der Waals surface area contributed by atoms with E-state index in [2.05, 4.69) is 25.2 Å². The van der Waals surface area contributed by atoms with Crippen molar-refractivity contribution in [2.45, 2.75) is 0 Å². The van der Waals surface area contributed by atoms with Gasteiger partial charge in [-0.25, -0.2) is 15.0 Å². The number of methoxy groups -OCH3 is 3. The molecule has 0 saturated carbocycles. The summed E-state index contributed by atoms with van der Waals surface area (Å²) >= 11 is 1.54. The van der Waals surface area contributed by atoms with E-state index in [9.17, 15) is 0 Å². The summed E-state index contributed by atoms with van der Waals surface area (Å²) in [6.45, 7) is 3.09. The van der Waals surface area contributed by atoms with Crippen LogP contribution in [-0.2, 0) is 4.74 Å². The van der Waals surface area contributed by atoms with Crippen molar-refractivity contribution in [1.29, 1.82) is 0 Å². The normalized spacial score (nSPS) is 13.6. The topological polar surface area (TPSA) is 117 Å². The van der Waals surface area contributed by atoms with E-state index in [0.29, 0.717) is 30.5 Å². The number of pyridine rings is 1. The van der Waals surface area contributed by atoms with Gasteiger partial charge >= 0.3 is 0 Å². The van der Waals surface area contributed by atoms with Gasteiger partial charge in [-0.15, -0.1) is 11.3 Å². The molecule has 1 saturated heterocycles. The van der Waals surface area contributed by atoms with Crippen molar-refractivity contribution in [1.82, 2.24) is 15.0 Å². The molecule has 1 aliphatic rings. The number of rotatable bonds is 7. The highest BCUT2D eigenvalue weighted by molar-refractivity contribution is 7.18. The van der Waals surface area contributed by atoms with Crippen LogP contribution >= 0.6 is 11.3 Å². The SMILES string of the molecule is COc1cc(Nc2csc3c(-c4ccc(N5CCOCC5)nc4)nc(N)nc23)cc(OC)c1OC. The number of aromatic nitrogens is 3. The van der Waals surface area contributed by atoms with Gasteiger partial charge in [-0.1, -0.05) is 0 Å². The average Bonchev–Trinajstić information content (AvgIpc) is 3.30. The van der Waals surface area contributed by atoms with Gasteiger partial charge in [0.25, 0.3) is 0 Å². The van der Waals surface area contributed by atoms with Gasteiger partial charge in [0.05, 0.1) is 50.6 Å². The molecule has 0 aliphatic carbocycles. The molecule has 0 bridgehead atoms.